The average Bonchev–Trinajstić information content (AvgIpc) is 3.23. The smallest absolute Gasteiger partial charge is 0.231 e. The van der Waals surface area contributed by atoms with Crippen LogP contribution in [0, 0.1) is 0 Å². The normalized spacial score (nSPS) is 12.9. The molecule has 1 aromatic heterocycles. The van der Waals surface area contributed by atoms with Crippen molar-refractivity contribution in [3.05, 3.63) is 41.3 Å². The van der Waals surface area contributed by atoms with Crippen LogP contribution in [0.4, 0.5) is 0 Å². The molecule has 0 fully saturated rings. The van der Waals surface area contributed by atoms with Crippen LogP contribution in [0.5, 0.6) is 11.5 Å². The maximum Gasteiger partial charge on any atom is 0.231 e. The zero-order chi connectivity index (χ0) is 17.8. The van der Waals surface area contributed by atoms with Crippen molar-refractivity contribution in [1.29, 1.82) is 0 Å². The lowest BCUT2D eigenvalue weighted by molar-refractivity contribution is 0.174. The third kappa shape index (κ3) is 4.80. The Bertz CT molecular complexity index is 761. The number of ether oxygens (including phenoxy) is 2. The van der Waals surface area contributed by atoms with Crippen molar-refractivity contribution in [2.75, 3.05) is 20.9 Å². The Labute approximate surface area is 170 Å². The van der Waals surface area contributed by atoms with E-state index in [-0.39, 0.29) is 30.8 Å². The first-order valence-corrected chi connectivity index (χ1v) is 8.32. The van der Waals surface area contributed by atoms with Crippen LogP contribution in [-0.4, -0.2) is 36.9 Å². The molecule has 1 aromatic carbocycles. The van der Waals surface area contributed by atoms with E-state index in [0.717, 1.165) is 34.5 Å². The quantitative estimate of drug-likeness (QED) is 0.409. The molecule has 3 rings (SSSR count). The van der Waals surface area contributed by atoms with Gasteiger partial charge in [0.1, 0.15) is 0 Å². The van der Waals surface area contributed by atoms with E-state index in [2.05, 4.69) is 29.3 Å². The minimum absolute atomic E-state index is 0. The summed E-state index contributed by atoms with van der Waals surface area (Å²) in [6.07, 6.45) is 0. The molecule has 0 aliphatic carbocycles. The van der Waals surface area contributed by atoms with Gasteiger partial charge in [-0.15, -0.1) is 24.0 Å². The largest absolute Gasteiger partial charge is 0.454 e. The summed E-state index contributed by atoms with van der Waals surface area (Å²) < 4.78 is 16.1. The topological polar surface area (TPSA) is 72.1 Å². The molecule has 0 saturated carbocycles. The Morgan fingerprint density at radius 1 is 1.27 bits per heavy atom. The lowest BCUT2D eigenvalue weighted by Gasteiger charge is -2.21. The molecule has 1 N–H and O–H groups in total. The summed E-state index contributed by atoms with van der Waals surface area (Å²) in [6.45, 7) is 5.70. The van der Waals surface area contributed by atoms with E-state index < -0.39 is 0 Å². The number of aromatic nitrogens is 1. The lowest BCUT2D eigenvalue weighted by Crippen LogP contribution is -2.37. The van der Waals surface area contributed by atoms with Gasteiger partial charge in [0.25, 0.3) is 0 Å². The lowest BCUT2D eigenvalue weighted by atomic mass is 10.1. The molecule has 0 spiro atoms. The van der Waals surface area contributed by atoms with E-state index in [1.165, 1.54) is 0 Å². The molecule has 0 atom stereocenters. The van der Waals surface area contributed by atoms with Crippen LogP contribution in [-0.2, 0) is 13.1 Å². The molecule has 142 valence electrons. The minimum atomic E-state index is 0. The first-order chi connectivity index (χ1) is 12.1. The van der Waals surface area contributed by atoms with Gasteiger partial charge in [0, 0.05) is 26.7 Å². The Balaban J connectivity index is 0.00000243. The van der Waals surface area contributed by atoms with Gasteiger partial charge >= 0.3 is 0 Å². The van der Waals surface area contributed by atoms with E-state index in [4.69, 9.17) is 14.0 Å². The van der Waals surface area contributed by atoms with Gasteiger partial charge in [-0.2, -0.15) is 0 Å². The van der Waals surface area contributed by atoms with Crippen LogP contribution in [0.1, 0.15) is 36.8 Å². The van der Waals surface area contributed by atoms with Crippen molar-refractivity contribution in [2.45, 2.75) is 32.9 Å². The summed E-state index contributed by atoms with van der Waals surface area (Å²) in [5, 5.41) is 7.37. The molecule has 0 radical (unpaired) electrons. The van der Waals surface area contributed by atoms with Crippen LogP contribution >= 0.6 is 24.0 Å². The number of aliphatic imine (C=N–C) groups is 1. The van der Waals surface area contributed by atoms with Crippen molar-refractivity contribution in [3.8, 4) is 11.5 Å². The zero-order valence-electron chi connectivity index (χ0n) is 15.5. The van der Waals surface area contributed by atoms with Crippen molar-refractivity contribution < 1.29 is 14.0 Å². The molecule has 2 aromatic rings. The minimum Gasteiger partial charge on any atom is -0.454 e. The van der Waals surface area contributed by atoms with Crippen LogP contribution in [0.25, 0.3) is 0 Å². The van der Waals surface area contributed by atoms with Gasteiger partial charge in [-0.1, -0.05) is 25.1 Å². The molecule has 0 saturated heterocycles. The van der Waals surface area contributed by atoms with Gasteiger partial charge in [0.15, 0.2) is 23.2 Å². The van der Waals surface area contributed by atoms with Gasteiger partial charge in [0.05, 0.1) is 12.2 Å². The number of fused-ring (bicyclic) bond motifs is 1. The summed E-state index contributed by atoms with van der Waals surface area (Å²) in [5.41, 5.74) is 2.08. The molecule has 1 aliphatic heterocycles. The second kappa shape index (κ2) is 9.11. The summed E-state index contributed by atoms with van der Waals surface area (Å²) in [7, 11) is 3.75. The molecule has 26 heavy (non-hydrogen) atoms. The van der Waals surface area contributed by atoms with Crippen LogP contribution in [0.2, 0.25) is 0 Å². The number of rotatable bonds is 5. The molecule has 0 bridgehead atoms. The highest BCUT2D eigenvalue weighted by Crippen LogP contribution is 2.32. The van der Waals surface area contributed by atoms with E-state index in [1.54, 1.807) is 7.05 Å². The predicted octanol–water partition coefficient (Wildman–Crippen LogP) is 3.35. The first-order valence-electron chi connectivity index (χ1n) is 8.32. The van der Waals surface area contributed by atoms with Gasteiger partial charge in [0.2, 0.25) is 6.79 Å². The van der Waals surface area contributed by atoms with Gasteiger partial charge in [-0.05, 0) is 23.6 Å². The Kier molecular flexibility index (Phi) is 7.13. The molecule has 7 nitrogen and oxygen atoms in total. The maximum atomic E-state index is 5.43. The molecule has 1 aliphatic rings. The van der Waals surface area contributed by atoms with E-state index in [0.29, 0.717) is 19.0 Å². The number of benzene rings is 1. The maximum absolute atomic E-state index is 5.43. The van der Waals surface area contributed by atoms with E-state index in [1.807, 2.05) is 36.2 Å². The van der Waals surface area contributed by atoms with E-state index >= 15 is 0 Å². The fraction of sp³-hybridized carbons (Fsp3) is 0.444. The van der Waals surface area contributed by atoms with Crippen LogP contribution in [0.3, 0.4) is 0 Å². The number of halogens is 1. The van der Waals surface area contributed by atoms with Crippen LogP contribution < -0.4 is 14.8 Å². The van der Waals surface area contributed by atoms with Crippen molar-refractivity contribution in [1.82, 2.24) is 15.4 Å². The number of nitrogens with one attached hydrogen (secondary N) is 1. The first kappa shape index (κ1) is 20.3. The van der Waals surface area contributed by atoms with Gasteiger partial charge < -0.3 is 24.2 Å². The Hall–Kier alpha value is -1.97. The molecular weight excluding hydrogens is 447 g/mol. The SMILES string of the molecule is CN=C(NCc1cc(C(C)C)no1)N(C)Cc1ccc2c(c1)OCO2.I. The molecule has 0 unspecified atom stereocenters. The number of guanidine groups is 1. The van der Waals surface area contributed by atoms with Crippen molar-refractivity contribution in [2.24, 2.45) is 4.99 Å². The predicted molar refractivity (Wildman–Crippen MR) is 110 cm³/mol. The van der Waals surface area contributed by atoms with Crippen molar-refractivity contribution in [3.63, 3.8) is 0 Å². The third-order valence-electron chi connectivity index (χ3n) is 4.02. The summed E-state index contributed by atoms with van der Waals surface area (Å²) >= 11 is 0. The highest BCUT2D eigenvalue weighted by atomic mass is 127. The summed E-state index contributed by atoms with van der Waals surface area (Å²) in [4.78, 5) is 6.37. The monoisotopic (exact) mass is 472 g/mol. The number of hydrogen-bond donors (Lipinski definition) is 1. The second-order valence-corrected chi connectivity index (χ2v) is 6.32. The molecule has 0 amide bonds. The average molecular weight is 472 g/mol. The summed E-state index contributed by atoms with van der Waals surface area (Å²) in [5.74, 6) is 3.50. The van der Waals surface area contributed by atoms with Crippen LogP contribution in [0.15, 0.2) is 33.8 Å². The standard InChI is InChI=1S/C18H24N4O3.HI/c1-12(2)15-8-14(25-21-15)9-20-18(19-3)22(4)10-13-5-6-16-17(7-13)24-11-23-16;/h5-8,12H,9-11H2,1-4H3,(H,19,20);1H. The number of nitrogens with zero attached hydrogens (tertiary/aromatic N) is 3. The molecular formula is C18H25IN4O3. The Morgan fingerprint density at radius 3 is 2.73 bits per heavy atom. The van der Waals surface area contributed by atoms with E-state index in [9.17, 15) is 0 Å². The fourth-order valence-electron chi connectivity index (χ4n) is 2.62. The zero-order valence-corrected chi connectivity index (χ0v) is 17.8. The third-order valence-corrected chi connectivity index (χ3v) is 4.02. The molecule has 8 heteroatoms. The molecule has 2 heterocycles. The fourth-order valence-corrected chi connectivity index (χ4v) is 2.62. The van der Waals surface area contributed by atoms with Gasteiger partial charge in [-0.25, -0.2) is 0 Å². The van der Waals surface area contributed by atoms with Gasteiger partial charge in [-0.3, -0.25) is 4.99 Å². The highest BCUT2D eigenvalue weighted by Gasteiger charge is 2.15. The number of hydrogen-bond acceptors (Lipinski definition) is 5. The Morgan fingerprint density at radius 2 is 2.04 bits per heavy atom. The second-order valence-electron chi connectivity index (χ2n) is 6.32. The summed E-state index contributed by atoms with van der Waals surface area (Å²) in [6, 6.07) is 7.94. The van der Waals surface area contributed by atoms with Crippen molar-refractivity contribution >= 4 is 29.9 Å². The highest BCUT2D eigenvalue weighted by molar-refractivity contribution is 14.0.